The van der Waals surface area contributed by atoms with Crippen molar-refractivity contribution in [3.8, 4) is 0 Å². The number of nitrogens with one attached hydrogen (secondary N) is 2. The number of carbonyl (C=O) groups excluding carboxylic acids is 2. The zero-order valence-corrected chi connectivity index (χ0v) is 17.3. The van der Waals surface area contributed by atoms with Gasteiger partial charge in [-0.05, 0) is 37.3 Å². The third kappa shape index (κ3) is 3.97. The SMILES string of the molecule is CC12NC(C(=O)N3CCN(CC(F)(F)F)C(=O)N3)=C(Cl)N1C=C(C1CC1)C=C2C(F)(F)F. The Morgan fingerprint density at radius 3 is 2.41 bits per heavy atom. The van der Waals surface area contributed by atoms with Gasteiger partial charge in [-0.3, -0.25) is 4.79 Å². The Hall–Kier alpha value is -2.57. The molecule has 0 aromatic carbocycles. The Balaban J connectivity index is 1.57. The molecule has 4 rings (SSSR count). The maximum atomic E-state index is 13.8. The lowest BCUT2D eigenvalue weighted by atomic mass is 9.92. The normalized spacial score (nSPS) is 26.5. The zero-order valence-electron chi connectivity index (χ0n) is 16.6. The van der Waals surface area contributed by atoms with Crippen LogP contribution in [-0.2, 0) is 4.79 Å². The monoisotopic (exact) mass is 485 g/mol. The van der Waals surface area contributed by atoms with Crippen molar-refractivity contribution in [2.75, 3.05) is 19.6 Å². The molecule has 0 aromatic heterocycles. The molecule has 32 heavy (non-hydrogen) atoms. The smallest absolute Gasteiger partial charge is 0.352 e. The molecule has 14 heteroatoms. The second-order valence-corrected chi connectivity index (χ2v) is 8.46. The van der Waals surface area contributed by atoms with Gasteiger partial charge in [0.05, 0.1) is 12.1 Å². The second kappa shape index (κ2) is 7.22. The minimum Gasteiger partial charge on any atom is -0.352 e. The van der Waals surface area contributed by atoms with E-state index in [1.807, 2.05) is 5.43 Å². The van der Waals surface area contributed by atoms with Crippen LogP contribution in [0.25, 0.3) is 0 Å². The van der Waals surface area contributed by atoms with Gasteiger partial charge < -0.3 is 15.1 Å². The van der Waals surface area contributed by atoms with Crippen LogP contribution in [0, 0.1) is 5.92 Å². The van der Waals surface area contributed by atoms with Crippen molar-refractivity contribution in [3.05, 3.63) is 34.3 Å². The molecular weight excluding hydrogens is 468 g/mol. The molecule has 7 nitrogen and oxygen atoms in total. The molecule has 1 aliphatic carbocycles. The minimum absolute atomic E-state index is 0.0258. The van der Waals surface area contributed by atoms with Gasteiger partial charge in [-0.25, -0.2) is 15.2 Å². The highest BCUT2D eigenvalue weighted by atomic mass is 35.5. The highest BCUT2D eigenvalue weighted by molar-refractivity contribution is 6.32. The topological polar surface area (TPSA) is 67.9 Å². The fourth-order valence-electron chi connectivity index (χ4n) is 3.91. The van der Waals surface area contributed by atoms with Gasteiger partial charge in [-0.15, -0.1) is 0 Å². The molecule has 0 aromatic rings. The van der Waals surface area contributed by atoms with Crippen molar-refractivity contribution in [1.82, 2.24) is 25.6 Å². The molecular formula is C18H18ClF6N5O2. The van der Waals surface area contributed by atoms with Crippen LogP contribution < -0.4 is 10.7 Å². The van der Waals surface area contributed by atoms with E-state index in [2.05, 4.69) is 5.32 Å². The number of rotatable bonds is 3. The number of hydrazine groups is 1. The van der Waals surface area contributed by atoms with Crippen LogP contribution in [-0.4, -0.2) is 64.4 Å². The lowest BCUT2D eigenvalue weighted by Crippen LogP contribution is -2.62. The van der Waals surface area contributed by atoms with Crippen LogP contribution in [0.2, 0.25) is 0 Å². The van der Waals surface area contributed by atoms with Crippen LogP contribution in [0.5, 0.6) is 0 Å². The molecule has 1 saturated heterocycles. The van der Waals surface area contributed by atoms with E-state index in [0.29, 0.717) is 10.5 Å². The molecule has 3 amide bonds. The minimum atomic E-state index is -4.72. The number of carbonyl (C=O) groups is 2. The molecule has 3 aliphatic heterocycles. The Morgan fingerprint density at radius 1 is 1.22 bits per heavy atom. The van der Waals surface area contributed by atoms with E-state index >= 15 is 0 Å². The van der Waals surface area contributed by atoms with Crippen LogP contribution in [0.3, 0.4) is 0 Å². The summed E-state index contributed by atoms with van der Waals surface area (Å²) in [6, 6.07) is -1.16. The first-order valence-corrected chi connectivity index (χ1v) is 10.0. The van der Waals surface area contributed by atoms with Crippen LogP contribution in [0.4, 0.5) is 31.1 Å². The molecule has 2 fully saturated rings. The summed E-state index contributed by atoms with van der Waals surface area (Å²) in [5.74, 6) is -0.990. The Labute approximate surface area is 183 Å². The maximum absolute atomic E-state index is 13.8. The summed E-state index contributed by atoms with van der Waals surface area (Å²) in [5, 5.41) is 2.94. The van der Waals surface area contributed by atoms with E-state index < -0.39 is 54.3 Å². The molecule has 0 radical (unpaired) electrons. The average Bonchev–Trinajstić information content (AvgIpc) is 3.46. The van der Waals surface area contributed by atoms with E-state index in [9.17, 15) is 35.9 Å². The number of hydrogen-bond donors (Lipinski definition) is 2. The predicted octanol–water partition coefficient (Wildman–Crippen LogP) is 3.14. The number of hydrogen-bond acceptors (Lipinski definition) is 4. The Morgan fingerprint density at radius 2 is 1.88 bits per heavy atom. The quantitative estimate of drug-likeness (QED) is 0.476. The summed E-state index contributed by atoms with van der Waals surface area (Å²) >= 11 is 6.30. The fourth-order valence-corrected chi connectivity index (χ4v) is 4.25. The number of urea groups is 1. The van der Waals surface area contributed by atoms with Crippen LogP contribution in [0.1, 0.15) is 19.8 Å². The van der Waals surface area contributed by atoms with Crippen molar-refractivity contribution >= 4 is 23.5 Å². The van der Waals surface area contributed by atoms with Crippen molar-refractivity contribution < 1.29 is 35.9 Å². The number of alkyl halides is 6. The van der Waals surface area contributed by atoms with Gasteiger partial charge in [0.15, 0.2) is 0 Å². The first-order valence-electron chi connectivity index (χ1n) is 9.63. The predicted molar refractivity (Wildman–Crippen MR) is 99.1 cm³/mol. The Bertz CT molecular complexity index is 954. The molecule has 1 unspecified atom stereocenters. The summed E-state index contributed by atoms with van der Waals surface area (Å²) in [6.45, 7) is -1.02. The van der Waals surface area contributed by atoms with Gasteiger partial charge in [0, 0.05) is 12.7 Å². The molecule has 1 atom stereocenters. The summed E-state index contributed by atoms with van der Waals surface area (Å²) in [7, 11) is 0. The summed E-state index contributed by atoms with van der Waals surface area (Å²) in [4.78, 5) is 26.5. The third-order valence-corrected chi connectivity index (χ3v) is 6.05. The zero-order chi connectivity index (χ0) is 23.6. The molecule has 1 saturated carbocycles. The van der Waals surface area contributed by atoms with E-state index in [0.717, 1.165) is 28.8 Å². The number of amides is 3. The van der Waals surface area contributed by atoms with Gasteiger partial charge in [0.1, 0.15) is 23.1 Å². The average molecular weight is 486 g/mol. The molecule has 4 aliphatic rings. The molecule has 3 heterocycles. The third-order valence-electron chi connectivity index (χ3n) is 5.68. The van der Waals surface area contributed by atoms with Crippen LogP contribution in [0.15, 0.2) is 34.3 Å². The number of nitrogens with zero attached hydrogens (tertiary/aromatic N) is 3. The Kier molecular flexibility index (Phi) is 5.10. The molecule has 2 N–H and O–H groups in total. The highest BCUT2D eigenvalue weighted by Crippen LogP contribution is 2.49. The van der Waals surface area contributed by atoms with Gasteiger partial charge in [0.2, 0.25) is 0 Å². The molecule has 0 bridgehead atoms. The van der Waals surface area contributed by atoms with Crippen molar-refractivity contribution in [1.29, 1.82) is 0 Å². The summed E-state index contributed by atoms with van der Waals surface area (Å²) in [6.07, 6.45) is -5.34. The standard InChI is InChI=1S/C18H18ClF6N5O2/c1-16-11(18(23,24)25)6-10(9-2-3-9)7-29(16)13(19)12(26-16)14(31)30-5-4-28(15(32)27-30)8-17(20,21)22/h6-7,9,26H,2-5,8H2,1H3,(H,27,32). The number of fused-ring (bicyclic) bond motifs is 1. The van der Waals surface area contributed by atoms with E-state index in [1.165, 1.54) is 13.1 Å². The lowest BCUT2D eigenvalue weighted by Gasteiger charge is -2.41. The van der Waals surface area contributed by atoms with Gasteiger partial charge in [-0.1, -0.05) is 11.6 Å². The van der Waals surface area contributed by atoms with Crippen molar-refractivity contribution in [3.63, 3.8) is 0 Å². The summed E-state index contributed by atoms with van der Waals surface area (Å²) in [5.41, 5.74) is -0.771. The van der Waals surface area contributed by atoms with Gasteiger partial charge in [-0.2, -0.15) is 26.3 Å². The van der Waals surface area contributed by atoms with E-state index in [-0.39, 0.29) is 17.6 Å². The van der Waals surface area contributed by atoms with E-state index in [1.54, 1.807) is 0 Å². The van der Waals surface area contributed by atoms with E-state index in [4.69, 9.17) is 11.6 Å². The first kappa shape index (κ1) is 22.6. The molecule has 0 spiro atoms. The largest absolute Gasteiger partial charge is 0.416 e. The van der Waals surface area contributed by atoms with Gasteiger partial charge >= 0.3 is 18.4 Å². The second-order valence-electron chi connectivity index (χ2n) is 8.10. The fraction of sp³-hybridized carbons (Fsp3) is 0.556. The number of halogens is 7. The lowest BCUT2D eigenvalue weighted by molar-refractivity contribution is -0.145. The molecule has 176 valence electrons. The van der Waals surface area contributed by atoms with Crippen LogP contribution >= 0.6 is 11.6 Å². The van der Waals surface area contributed by atoms with Crippen molar-refractivity contribution in [2.24, 2.45) is 5.92 Å². The van der Waals surface area contributed by atoms with Gasteiger partial charge in [0.25, 0.3) is 5.91 Å². The highest BCUT2D eigenvalue weighted by Gasteiger charge is 2.56. The summed E-state index contributed by atoms with van der Waals surface area (Å²) < 4.78 is 79.2. The first-order chi connectivity index (χ1) is 14.7. The van der Waals surface area contributed by atoms with Crippen molar-refractivity contribution in [2.45, 2.75) is 37.8 Å². The maximum Gasteiger partial charge on any atom is 0.416 e. The number of allylic oxidation sites excluding steroid dienone is 2.